The van der Waals surface area contributed by atoms with Gasteiger partial charge in [0.25, 0.3) is 6.20 Å². The van der Waals surface area contributed by atoms with Gasteiger partial charge in [0.2, 0.25) is 0 Å². The fourth-order valence-electron chi connectivity index (χ4n) is 1.09. The molecule has 0 unspecified atom stereocenters. The Balaban J connectivity index is 2.64. The van der Waals surface area contributed by atoms with Gasteiger partial charge in [0.05, 0.1) is 11.5 Å². The second kappa shape index (κ2) is 6.41. The van der Waals surface area contributed by atoms with E-state index in [-0.39, 0.29) is 0 Å². The summed E-state index contributed by atoms with van der Waals surface area (Å²) < 4.78 is 0.463. The topological polar surface area (TPSA) is 71.3 Å². The van der Waals surface area contributed by atoms with Crippen LogP contribution in [0.5, 0.6) is 0 Å². The van der Waals surface area contributed by atoms with Crippen molar-refractivity contribution in [2.24, 2.45) is 0 Å². The first-order valence-corrected chi connectivity index (χ1v) is 6.13. The molecular formula is C9H13ClN4O2S. The SMILES string of the molecule is CCN(C)/C(=C/[N+](=O)[O-])NCc1cnc(Cl)s1. The van der Waals surface area contributed by atoms with E-state index in [1.54, 1.807) is 18.1 Å². The standard InChI is InChI=1S/C9H13ClN4O2S/c1-3-13(2)8(6-14(15)16)11-4-7-5-12-9(10)17-7/h5-6,11H,3-4H2,1-2H3/b8-6+. The summed E-state index contributed by atoms with van der Waals surface area (Å²) in [6, 6.07) is 0. The van der Waals surface area contributed by atoms with Gasteiger partial charge >= 0.3 is 0 Å². The van der Waals surface area contributed by atoms with Gasteiger partial charge in [0.1, 0.15) is 0 Å². The number of nitrogens with zero attached hydrogens (tertiary/aromatic N) is 3. The summed E-state index contributed by atoms with van der Waals surface area (Å²) in [4.78, 5) is 16.6. The molecule has 0 amide bonds. The number of aromatic nitrogens is 1. The Labute approximate surface area is 108 Å². The quantitative estimate of drug-likeness (QED) is 0.635. The van der Waals surface area contributed by atoms with Crippen LogP contribution in [0, 0.1) is 10.1 Å². The lowest BCUT2D eigenvalue weighted by atomic mass is 10.5. The first kappa shape index (κ1) is 13.7. The van der Waals surface area contributed by atoms with E-state index in [0.717, 1.165) is 11.1 Å². The minimum absolute atomic E-state index is 0.460. The number of hydrogen-bond donors (Lipinski definition) is 1. The van der Waals surface area contributed by atoms with E-state index in [2.05, 4.69) is 10.3 Å². The summed E-state index contributed by atoms with van der Waals surface area (Å²) in [5.74, 6) is 0.460. The average Bonchev–Trinajstić information content (AvgIpc) is 2.68. The highest BCUT2D eigenvalue weighted by atomic mass is 35.5. The molecule has 8 heteroatoms. The highest BCUT2D eigenvalue weighted by Crippen LogP contribution is 2.17. The van der Waals surface area contributed by atoms with Crippen molar-refractivity contribution in [1.82, 2.24) is 15.2 Å². The van der Waals surface area contributed by atoms with Crippen molar-refractivity contribution in [1.29, 1.82) is 0 Å². The molecule has 0 aromatic carbocycles. The van der Waals surface area contributed by atoms with Gasteiger partial charge in [0, 0.05) is 24.7 Å². The van der Waals surface area contributed by atoms with Gasteiger partial charge in [-0.1, -0.05) is 11.6 Å². The Morgan fingerprint density at radius 3 is 3.00 bits per heavy atom. The van der Waals surface area contributed by atoms with Gasteiger partial charge in [-0.05, 0) is 6.92 Å². The molecule has 1 rings (SSSR count). The summed E-state index contributed by atoms with van der Waals surface area (Å²) in [5, 5.41) is 13.5. The van der Waals surface area contributed by atoms with Gasteiger partial charge in [-0.15, -0.1) is 11.3 Å². The number of nitrogens with one attached hydrogen (secondary N) is 1. The molecule has 0 radical (unpaired) electrons. The Morgan fingerprint density at radius 1 is 1.82 bits per heavy atom. The van der Waals surface area contributed by atoms with Crippen LogP contribution in [0.2, 0.25) is 4.47 Å². The van der Waals surface area contributed by atoms with E-state index in [1.807, 2.05) is 6.92 Å². The molecule has 94 valence electrons. The summed E-state index contributed by atoms with van der Waals surface area (Å²) in [5.41, 5.74) is 0. The molecule has 17 heavy (non-hydrogen) atoms. The van der Waals surface area contributed by atoms with E-state index >= 15 is 0 Å². The lowest BCUT2D eigenvalue weighted by Crippen LogP contribution is -2.28. The maximum Gasteiger partial charge on any atom is 0.274 e. The molecule has 0 spiro atoms. The lowest BCUT2D eigenvalue weighted by Gasteiger charge is -2.19. The molecule has 0 aliphatic rings. The minimum Gasteiger partial charge on any atom is -0.362 e. The van der Waals surface area contributed by atoms with Crippen LogP contribution in [-0.2, 0) is 6.54 Å². The van der Waals surface area contributed by atoms with Gasteiger partial charge in [-0.25, -0.2) is 4.98 Å². The Kier molecular flexibility index (Phi) is 5.17. The molecule has 0 bridgehead atoms. The molecule has 1 N–H and O–H groups in total. The second-order valence-electron chi connectivity index (χ2n) is 3.25. The number of rotatable bonds is 6. The van der Waals surface area contributed by atoms with E-state index in [4.69, 9.17) is 11.6 Å². The van der Waals surface area contributed by atoms with Crippen LogP contribution in [0.4, 0.5) is 0 Å². The molecule has 0 saturated carbocycles. The fourth-order valence-corrected chi connectivity index (χ4v) is 2.01. The number of thiazole rings is 1. The third-order valence-corrected chi connectivity index (χ3v) is 3.20. The summed E-state index contributed by atoms with van der Waals surface area (Å²) in [7, 11) is 1.78. The van der Waals surface area contributed by atoms with Gasteiger partial charge in [-0.2, -0.15) is 0 Å². The predicted molar refractivity (Wildman–Crippen MR) is 67.3 cm³/mol. The largest absolute Gasteiger partial charge is 0.362 e. The maximum atomic E-state index is 10.5. The summed E-state index contributed by atoms with van der Waals surface area (Å²) >= 11 is 7.04. The first-order valence-electron chi connectivity index (χ1n) is 4.93. The van der Waals surface area contributed by atoms with Crippen LogP contribution >= 0.6 is 22.9 Å². The zero-order valence-electron chi connectivity index (χ0n) is 9.51. The molecule has 6 nitrogen and oxygen atoms in total. The Bertz CT molecular complexity index is 421. The van der Waals surface area contributed by atoms with Crippen LogP contribution in [0.25, 0.3) is 0 Å². The molecule has 1 aromatic heterocycles. The molecule has 0 atom stereocenters. The molecule has 0 fully saturated rings. The Hall–Kier alpha value is -1.34. The molecule has 0 aliphatic carbocycles. The minimum atomic E-state index is -0.478. The van der Waals surface area contributed by atoms with Gasteiger partial charge in [-0.3, -0.25) is 10.1 Å². The number of hydrogen-bond acceptors (Lipinski definition) is 6. The van der Waals surface area contributed by atoms with Crippen molar-refractivity contribution < 1.29 is 4.92 Å². The predicted octanol–water partition coefficient (Wildman–Crippen LogP) is 1.91. The van der Waals surface area contributed by atoms with Gasteiger partial charge < -0.3 is 10.2 Å². The van der Waals surface area contributed by atoms with Crippen molar-refractivity contribution in [3.05, 3.63) is 37.7 Å². The van der Waals surface area contributed by atoms with Crippen LogP contribution in [0.1, 0.15) is 11.8 Å². The van der Waals surface area contributed by atoms with Crippen molar-refractivity contribution in [2.45, 2.75) is 13.5 Å². The smallest absolute Gasteiger partial charge is 0.274 e. The normalized spacial score (nSPS) is 11.4. The molecule has 0 aliphatic heterocycles. The maximum absolute atomic E-state index is 10.5. The highest BCUT2D eigenvalue weighted by molar-refractivity contribution is 7.15. The van der Waals surface area contributed by atoms with Crippen LogP contribution < -0.4 is 5.32 Å². The van der Waals surface area contributed by atoms with Crippen LogP contribution in [0.15, 0.2) is 18.2 Å². The average molecular weight is 277 g/mol. The van der Waals surface area contributed by atoms with Crippen LogP contribution in [-0.4, -0.2) is 28.4 Å². The number of nitro groups is 1. The summed E-state index contributed by atoms with van der Waals surface area (Å²) in [6.45, 7) is 3.06. The number of halogens is 1. The monoisotopic (exact) mass is 276 g/mol. The lowest BCUT2D eigenvalue weighted by molar-refractivity contribution is -0.404. The second-order valence-corrected chi connectivity index (χ2v) is 4.94. The van der Waals surface area contributed by atoms with Gasteiger partial charge in [0.15, 0.2) is 10.3 Å². The van der Waals surface area contributed by atoms with E-state index in [0.29, 0.717) is 23.4 Å². The van der Waals surface area contributed by atoms with E-state index < -0.39 is 4.92 Å². The fraction of sp³-hybridized carbons (Fsp3) is 0.444. The van der Waals surface area contributed by atoms with Crippen molar-refractivity contribution >= 4 is 22.9 Å². The zero-order valence-corrected chi connectivity index (χ0v) is 11.1. The van der Waals surface area contributed by atoms with Crippen molar-refractivity contribution in [3.8, 4) is 0 Å². The van der Waals surface area contributed by atoms with E-state index in [1.165, 1.54) is 11.3 Å². The van der Waals surface area contributed by atoms with Crippen molar-refractivity contribution in [3.63, 3.8) is 0 Å². The molecule has 1 aromatic rings. The third-order valence-electron chi connectivity index (χ3n) is 2.08. The molecular weight excluding hydrogens is 264 g/mol. The third kappa shape index (κ3) is 4.58. The molecule has 0 saturated heterocycles. The Morgan fingerprint density at radius 2 is 2.53 bits per heavy atom. The van der Waals surface area contributed by atoms with E-state index in [9.17, 15) is 10.1 Å². The highest BCUT2D eigenvalue weighted by Gasteiger charge is 2.08. The van der Waals surface area contributed by atoms with Crippen molar-refractivity contribution in [2.75, 3.05) is 13.6 Å². The first-order chi connectivity index (χ1) is 8.02. The van der Waals surface area contributed by atoms with Crippen LogP contribution in [0.3, 0.4) is 0 Å². The summed E-state index contributed by atoms with van der Waals surface area (Å²) in [6.07, 6.45) is 2.60. The zero-order chi connectivity index (χ0) is 12.8. The molecule has 1 heterocycles.